The van der Waals surface area contributed by atoms with Gasteiger partial charge in [-0.3, -0.25) is 10.1 Å². The summed E-state index contributed by atoms with van der Waals surface area (Å²) in [7, 11) is 0. The minimum Gasteiger partial charge on any atom is -0.258 e. The molecule has 1 radical (unpaired) electrons. The smallest absolute Gasteiger partial charge is 0.258 e. The summed E-state index contributed by atoms with van der Waals surface area (Å²) in [6.07, 6.45) is 0. The van der Waals surface area contributed by atoms with E-state index in [-0.39, 0.29) is 16.0 Å². The molecule has 75 valence electrons. The summed E-state index contributed by atoms with van der Waals surface area (Å²) in [6.45, 7) is 9.79. The van der Waals surface area contributed by atoms with Gasteiger partial charge >= 0.3 is 0 Å². The fraction of sp³-hybridized carbons (Fsp3) is 0.364. The number of rotatable bonds is 1. The highest BCUT2D eigenvalue weighted by molar-refractivity contribution is 5.42. The second kappa shape index (κ2) is 3.40. The highest BCUT2D eigenvalue weighted by Gasteiger charge is 2.17. The standard InChI is InChI=1S/C11H14NO2/c1-8-5-9(11(2,3)4)7-10(6-8)12(13)14/h5-7H,1H2,2-4H3. The first-order valence-electron chi connectivity index (χ1n) is 4.42. The molecule has 0 heterocycles. The van der Waals surface area contributed by atoms with E-state index in [0.717, 1.165) is 5.56 Å². The van der Waals surface area contributed by atoms with Gasteiger partial charge in [0.2, 0.25) is 0 Å². The molecule has 0 aromatic heterocycles. The zero-order valence-corrected chi connectivity index (χ0v) is 8.70. The van der Waals surface area contributed by atoms with Crippen LogP contribution in [0, 0.1) is 17.0 Å². The highest BCUT2D eigenvalue weighted by Crippen LogP contribution is 2.27. The highest BCUT2D eigenvalue weighted by atomic mass is 16.6. The van der Waals surface area contributed by atoms with Gasteiger partial charge in [-0.05, 0) is 23.5 Å². The predicted octanol–water partition coefficient (Wildman–Crippen LogP) is 3.07. The first-order valence-corrected chi connectivity index (χ1v) is 4.42. The normalized spacial score (nSPS) is 11.4. The van der Waals surface area contributed by atoms with Crippen molar-refractivity contribution in [1.29, 1.82) is 0 Å². The Morgan fingerprint density at radius 3 is 2.29 bits per heavy atom. The topological polar surface area (TPSA) is 43.1 Å². The molecular weight excluding hydrogens is 178 g/mol. The maximum absolute atomic E-state index is 10.6. The van der Waals surface area contributed by atoms with E-state index >= 15 is 0 Å². The lowest BCUT2D eigenvalue weighted by molar-refractivity contribution is -0.385. The van der Waals surface area contributed by atoms with E-state index in [9.17, 15) is 10.1 Å². The van der Waals surface area contributed by atoms with Crippen molar-refractivity contribution in [3.05, 3.63) is 46.4 Å². The van der Waals surface area contributed by atoms with Gasteiger partial charge in [0.1, 0.15) is 0 Å². The van der Waals surface area contributed by atoms with Gasteiger partial charge in [0.05, 0.1) is 4.92 Å². The molecule has 0 atom stereocenters. The lowest BCUT2D eigenvalue weighted by Gasteiger charge is -2.19. The van der Waals surface area contributed by atoms with Crippen LogP contribution in [0.5, 0.6) is 0 Å². The minimum absolute atomic E-state index is 0.0849. The summed E-state index contributed by atoms with van der Waals surface area (Å²) in [6, 6.07) is 4.97. The SMILES string of the molecule is [CH2]c1cc([N+](=O)[O-])cc(C(C)(C)C)c1. The van der Waals surface area contributed by atoms with Crippen molar-refractivity contribution in [2.24, 2.45) is 0 Å². The molecule has 0 bridgehead atoms. The second-order valence-corrected chi connectivity index (χ2v) is 4.40. The summed E-state index contributed by atoms with van der Waals surface area (Å²) >= 11 is 0. The quantitative estimate of drug-likeness (QED) is 0.507. The molecule has 0 N–H and O–H groups in total. The van der Waals surface area contributed by atoms with E-state index in [1.165, 1.54) is 6.07 Å². The van der Waals surface area contributed by atoms with Crippen LogP contribution < -0.4 is 0 Å². The van der Waals surface area contributed by atoms with Crippen LogP contribution in [-0.2, 0) is 5.41 Å². The van der Waals surface area contributed by atoms with Crippen molar-refractivity contribution < 1.29 is 4.92 Å². The van der Waals surface area contributed by atoms with Crippen LogP contribution in [0.15, 0.2) is 18.2 Å². The number of nitro groups is 1. The molecule has 3 nitrogen and oxygen atoms in total. The fourth-order valence-electron chi connectivity index (χ4n) is 1.21. The van der Waals surface area contributed by atoms with E-state index in [0.29, 0.717) is 5.56 Å². The monoisotopic (exact) mass is 192 g/mol. The molecule has 1 aromatic rings. The maximum Gasteiger partial charge on any atom is 0.269 e. The van der Waals surface area contributed by atoms with Gasteiger partial charge in [0.15, 0.2) is 0 Å². The Bertz CT molecular complexity index is 364. The molecule has 0 saturated heterocycles. The Hall–Kier alpha value is -1.38. The van der Waals surface area contributed by atoms with Crippen LogP contribution in [0.3, 0.4) is 0 Å². The number of hydrogen-bond donors (Lipinski definition) is 0. The third-order valence-corrected chi connectivity index (χ3v) is 2.05. The Morgan fingerprint density at radius 1 is 1.29 bits per heavy atom. The maximum atomic E-state index is 10.6. The van der Waals surface area contributed by atoms with E-state index in [1.54, 1.807) is 6.07 Å². The van der Waals surface area contributed by atoms with Crippen molar-refractivity contribution in [3.63, 3.8) is 0 Å². The molecule has 0 unspecified atom stereocenters. The minimum atomic E-state index is -0.385. The van der Waals surface area contributed by atoms with Gasteiger partial charge in [-0.1, -0.05) is 26.8 Å². The average molecular weight is 192 g/mol. The van der Waals surface area contributed by atoms with Crippen LogP contribution in [0.2, 0.25) is 0 Å². The molecule has 0 saturated carbocycles. The van der Waals surface area contributed by atoms with Crippen LogP contribution in [0.25, 0.3) is 0 Å². The third-order valence-electron chi connectivity index (χ3n) is 2.05. The van der Waals surface area contributed by atoms with E-state index in [2.05, 4.69) is 6.92 Å². The Kier molecular flexibility index (Phi) is 2.60. The summed E-state index contributed by atoms with van der Waals surface area (Å²) < 4.78 is 0. The van der Waals surface area contributed by atoms with Gasteiger partial charge in [0.25, 0.3) is 5.69 Å². The number of nitro benzene ring substituents is 1. The molecular formula is C11H14NO2. The molecule has 1 rings (SSSR count). The molecule has 0 aliphatic carbocycles. The predicted molar refractivity (Wildman–Crippen MR) is 56.3 cm³/mol. The zero-order chi connectivity index (χ0) is 10.9. The van der Waals surface area contributed by atoms with Crippen LogP contribution >= 0.6 is 0 Å². The number of hydrogen-bond acceptors (Lipinski definition) is 2. The number of nitrogens with zero attached hydrogens (tertiary/aromatic N) is 1. The molecule has 0 amide bonds. The first-order chi connectivity index (χ1) is 6.30. The summed E-state index contributed by atoms with van der Waals surface area (Å²) in [5.74, 6) is 0. The molecule has 3 heteroatoms. The molecule has 0 aliphatic rings. The van der Waals surface area contributed by atoms with E-state index < -0.39 is 0 Å². The van der Waals surface area contributed by atoms with Crippen LogP contribution in [0.4, 0.5) is 5.69 Å². The Labute approximate surface area is 83.9 Å². The molecule has 0 fully saturated rings. The Balaban J connectivity index is 3.28. The third kappa shape index (κ3) is 2.31. The summed E-state index contributed by atoms with van der Waals surface area (Å²) in [4.78, 5) is 10.2. The van der Waals surface area contributed by atoms with Gasteiger partial charge in [0, 0.05) is 12.1 Å². The lowest BCUT2D eigenvalue weighted by atomic mass is 9.86. The van der Waals surface area contributed by atoms with Crippen molar-refractivity contribution in [1.82, 2.24) is 0 Å². The van der Waals surface area contributed by atoms with Gasteiger partial charge in [-0.25, -0.2) is 0 Å². The van der Waals surface area contributed by atoms with Crippen molar-refractivity contribution in [2.75, 3.05) is 0 Å². The van der Waals surface area contributed by atoms with E-state index in [4.69, 9.17) is 0 Å². The van der Waals surface area contributed by atoms with Crippen LogP contribution in [-0.4, -0.2) is 4.92 Å². The second-order valence-electron chi connectivity index (χ2n) is 4.40. The van der Waals surface area contributed by atoms with E-state index in [1.807, 2.05) is 26.8 Å². The van der Waals surface area contributed by atoms with Gasteiger partial charge in [-0.2, -0.15) is 0 Å². The lowest BCUT2D eigenvalue weighted by Crippen LogP contribution is -2.11. The van der Waals surface area contributed by atoms with Crippen molar-refractivity contribution in [2.45, 2.75) is 26.2 Å². The van der Waals surface area contributed by atoms with Gasteiger partial charge in [-0.15, -0.1) is 0 Å². The summed E-state index contributed by atoms with van der Waals surface area (Å²) in [5, 5.41) is 10.6. The average Bonchev–Trinajstić information content (AvgIpc) is 2.01. The van der Waals surface area contributed by atoms with Crippen molar-refractivity contribution >= 4 is 5.69 Å². The number of benzene rings is 1. The first kappa shape index (κ1) is 10.7. The molecule has 14 heavy (non-hydrogen) atoms. The van der Waals surface area contributed by atoms with Gasteiger partial charge < -0.3 is 0 Å². The molecule has 0 aliphatic heterocycles. The Morgan fingerprint density at radius 2 is 1.86 bits per heavy atom. The largest absolute Gasteiger partial charge is 0.269 e. The van der Waals surface area contributed by atoms with Crippen molar-refractivity contribution in [3.8, 4) is 0 Å². The fourth-order valence-corrected chi connectivity index (χ4v) is 1.21. The number of non-ortho nitro benzene ring substituents is 1. The molecule has 1 aromatic carbocycles. The summed E-state index contributed by atoms with van der Waals surface area (Å²) in [5.41, 5.74) is 1.65. The zero-order valence-electron chi connectivity index (χ0n) is 8.70. The molecule has 0 spiro atoms. The van der Waals surface area contributed by atoms with Crippen LogP contribution in [0.1, 0.15) is 31.9 Å².